The lowest BCUT2D eigenvalue weighted by atomic mass is 10.0. The number of amides is 1. The molecule has 1 aromatic carbocycles. The van der Waals surface area contributed by atoms with Crippen LogP contribution in [0.25, 0.3) is 0 Å². The van der Waals surface area contributed by atoms with E-state index in [0.29, 0.717) is 26.0 Å². The van der Waals surface area contributed by atoms with E-state index in [1.54, 1.807) is 0 Å². The van der Waals surface area contributed by atoms with E-state index < -0.39 is 0 Å². The van der Waals surface area contributed by atoms with Gasteiger partial charge in [-0.2, -0.15) is 0 Å². The number of hydrogen-bond donors (Lipinski definition) is 1. The first-order valence-electron chi connectivity index (χ1n) is 8.00. The zero-order valence-electron chi connectivity index (χ0n) is 13.6. The van der Waals surface area contributed by atoms with Crippen molar-refractivity contribution in [3.8, 4) is 5.75 Å². The number of nitrogens with two attached hydrogens (primary N) is 1. The second-order valence-electron chi connectivity index (χ2n) is 5.84. The van der Waals surface area contributed by atoms with Crippen LogP contribution >= 0.6 is 24.0 Å². The molecule has 1 aliphatic rings. The van der Waals surface area contributed by atoms with E-state index in [0.717, 1.165) is 35.7 Å². The number of ether oxygens (including phenoxy) is 1. The summed E-state index contributed by atoms with van der Waals surface area (Å²) < 4.78 is 5.68. The van der Waals surface area contributed by atoms with Crippen molar-refractivity contribution < 1.29 is 9.53 Å². The maximum absolute atomic E-state index is 12.3. The monoisotopic (exact) mass is 360 g/mol. The van der Waals surface area contributed by atoms with Crippen LogP contribution in [0.2, 0.25) is 5.02 Å². The molecule has 130 valence electrons. The van der Waals surface area contributed by atoms with Gasteiger partial charge in [0.05, 0.1) is 6.61 Å². The number of likely N-dealkylation sites (tertiary alicyclic amines) is 1. The molecule has 6 heteroatoms. The number of nitrogens with zero attached hydrogens (tertiary/aromatic N) is 1. The van der Waals surface area contributed by atoms with Gasteiger partial charge in [0.2, 0.25) is 5.91 Å². The van der Waals surface area contributed by atoms with Crippen molar-refractivity contribution in [2.45, 2.75) is 45.1 Å². The minimum absolute atomic E-state index is 0. The minimum atomic E-state index is 0. The fourth-order valence-corrected chi connectivity index (χ4v) is 2.96. The zero-order valence-corrected chi connectivity index (χ0v) is 15.2. The summed E-state index contributed by atoms with van der Waals surface area (Å²) in [5.41, 5.74) is 6.75. The number of carbonyl (C=O) groups excluding carboxylic acids is 1. The van der Waals surface area contributed by atoms with Crippen LogP contribution in [0.1, 0.15) is 37.7 Å². The number of benzene rings is 1. The van der Waals surface area contributed by atoms with Crippen LogP contribution in [-0.2, 0) is 4.79 Å². The summed E-state index contributed by atoms with van der Waals surface area (Å²) >= 11 is 5.98. The molecule has 0 saturated carbocycles. The first-order valence-corrected chi connectivity index (χ1v) is 8.38. The Hall–Kier alpha value is -0.970. The highest BCUT2D eigenvalue weighted by molar-refractivity contribution is 6.31. The third-order valence-corrected chi connectivity index (χ3v) is 4.58. The Morgan fingerprint density at radius 3 is 2.91 bits per heavy atom. The van der Waals surface area contributed by atoms with Gasteiger partial charge in [-0.3, -0.25) is 4.79 Å². The fourth-order valence-electron chi connectivity index (χ4n) is 2.84. The molecule has 0 bridgehead atoms. The summed E-state index contributed by atoms with van der Waals surface area (Å²) in [6.45, 7) is 3.89. The number of rotatable bonds is 6. The van der Waals surface area contributed by atoms with Gasteiger partial charge in [0.15, 0.2) is 0 Å². The van der Waals surface area contributed by atoms with Gasteiger partial charge in [-0.25, -0.2) is 0 Å². The van der Waals surface area contributed by atoms with E-state index in [2.05, 4.69) is 0 Å². The highest BCUT2D eigenvalue weighted by Gasteiger charge is 2.24. The van der Waals surface area contributed by atoms with Gasteiger partial charge >= 0.3 is 0 Å². The van der Waals surface area contributed by atoms with E-state index >= 15 is 0 Å². The Morgan fingerprint density at radius 2 is 2.22 bits per heavy atom. The van der Waals surface area contributed by atoms with Crippen LogP contribution in [0.5, 0.6) is 5.75 Å². The molecule has 1 saturated heterocycles. The van der Waals surface area contributed by atoms with E-state index in [4.69, 9.17) is 22.1 Å². The van der Waals surface area contributed by atoms with E-state index in [-0.39, 0.29) is 24.4 Å². The Morgan fingerprint density at radius 1 is 1.43 bits per heavy atom. The predicted molar refractivity (Wildman–Crippen MR) is 96.6 cm³/mol. The molecule has 0 radical (unpaired) electrons. The molecular weight excluding hydrogens is 335 g/mol. The summed E-state index contributed by atoms with van der Waals surface area (Å²) in [5, 5.41) is 0.737. The number of halogens is 2. The van der Waals surface area contributed by atoms with Crippen LogP contribution in [0.3, 0.4) is 0 Å². The molecule has 1 aliphatic heterocycles. The Kier molecular flexibility index (Phi) is 8.74. The number of piperidine rings is 1. The zero-order chi connectivity index (χ0) is 15.9. The highest BCUT2D eigenvalue weighted by Crippen LogP contribution is 2.21. The lowest BCUT2D eigenvalue weighted by Crippen LogP contribution is -2.47. The Bertz CT molecular complexity index is 511. The third kappa shape index (κ3) is 5.87. The van der Waals surface area contributed by atoms with Crippen molar-refractivity contribution >= 4 is 29.9 Å². The molecule has 1 fully saturated rings. The average Bonchev–Trinajstić information content (AvgIpc) is 2.54. The minimum Gasteiger partial charge on any atom is -0.494 e. The molecule has 0 aliphatic carbocycles. The van der Waals surface area contributed by atoms with Crippen molar-refractivity contribution in [2.24, 2.45) is 5.73 Å². The molecule has 0 aromatic heterocycles. The second-order valence-corrected chi connectivity index (χ2v) is 6.24. The second kappa shape index (κ2) is 10.0. The molecule has 1 unspecified atom stereocenters. The van der Waals surface area contributed by atoms with Crippen molar-refractivity contribution in [1.82, 2.24) is 4.90 Å². The van der Waals surface area contributed by atoms with Crippen LogP contribution in [0.15, 0.2) is 18.2 Å². The van der Waals surface area contributed by atoms with E-state index in [1.165, 1.54) is 6.42 Å². The van der Waals surface area contributed by atoms with Gasteiger partial charge in [0.25, 0.3) is 0 Å². The van der Waals surface area contributed by atoms with Crippen LogP contribution < -0.4 is 10.5 Å². The average molecular weight is 361 g/mol. The number of hydrogen-bond acceptors (Lipinski definition) is 3. The lowest BCUT2D eigenvalue weighted by Gasteiger charge is -2.35. The molecule has 1 heterocycles. The van der Waals surface area contributed by atoms with Crippen LogP contribution in [0, 0.1) is 6.92 Å². The fraction of sp³-hybridized carbons (Fsp3) is 0.588. The first kappa shape index (κ1) is 20.1. The molecule has 1 aromatic rings. The lowest BCUT2D eigenvalue weighted by molar-refractivity contribution is -0.134. The first-order chi connectivity index (χ1) is 10.6. The molecule has 0 spiro atoms. The Labute approximate surface area is 149 Å². The summed E-state index contributed by atoms with van der Waals surface area (Å²) in [6, 6.07) is 5.82. The number of aryl methyl sites for hydroxylation is 1. The molecular formula is C17H26Cl2N2O2. The molecule has 1 amide bonds. The van der Waals surface area contributed by atoms with Gasteiger partial charge < -0.3 is 15.4 Å². The van der Waals surface area contributed by atoms with Crippen molar-refractivity contribution in [3.05, 3.63) is 28.8 Å². The van der Waals surface area contributed by atoms with Gasteiger partial charge in [-0.05, 0) is 56.4 Å². The topological polar surface area (TPSA) is 55.6 Å². The van der Waals surface area contributed by atoms with Crippen LogP contribution in [-0.4, -0.2) is 36.5 Å². The van der Waals surface area contributed by atoms with Gasteiger partial charge in [0, 0.05) is 30.6 Å². The van der Waals surface area contributed by atoms with Crippen molar-refractivity contribution in [1.29, 1.82) is 0 Å². The SMILES string of the molecule is Cc1cc(OCCCC(=O)N2CCCCC2CN)ccc1Cl.Cl. The number of carbonyl (C=O) groups is 1. The van der Waals surface area contributed by atoms with Crippen molar-refractivity contribution in [3.63, 3.8) is 0 Å². The van der Waals surface area contributed by atoms with Gasteiger partial charge in [0.1, 0.15) is 5.75 Å². The summed E-state index contributed by atoms with van der Waals surface area (Å²) in [5.74, 6) is 0.998. The predicted octanol–water partition coefficient (Wildman–Crippen LogP) is 3.57. The molecule has 2 N–H and O–H groups in total. The van der Waals surface area contributed by atoms with Crippen LogP contribution in [0.4, 0.5) is 0 Å². The smallest absolute Gasteiger partial charge is 0.222 e. The van der Waals surface area contributed by atoms with Crippen molar-refractivity contribution in [2.75, 3.05) is 19.7 Å². The quantitative estimate of drug-likeness (QED) is 0.788. The normalized spacial score (nSPS) is 17.5. The Balaban J connectivity index is 0.00000264. The molecule has 1 atom stereocenters. The van der Waals surface area contributed by atoms with E-state index in [1.807, 2.05) is 30.0 Å². The maximum atomic E-state index is 12.3. The van der Waals surface area contributed by atoms with E-state index in [9.17, 15) is 4.79 Å². The third-order valence-electron chi connectivity index (χ3n) is 4.15. The standard InChI is InChI=1S/C17H25ClN2O2.ClH/c1-13-11-15(7-8-16(13)18)22-10-4-6-17(21)20-9-3-2-5-14(20)12-19;/h7-8,11,14H,2-6,9-10,12,19H2,1H3;1H. The summed E-state index contributed by atoms with van der Waals surface area (Å²) in [7, 11) is 0. The van der Waals surface area contributed by atoms with Gasteiger partial charge in [-0.1, -0.05) is 11.6 Å². The molecule has 4 nitrogen and oxygen atoms in total. The highest BCUT2D eigenvalue weighted by atomic mass is 35.5. The molecule has 23 heavy (non-hydrogen) atoms. The summed E-state index contributed by atoms with van der Waals surface area (Å²) in [4.78, 5) is 14.2. The molecule has 2 rings (SSSR count). The maximum Gasteiger partial charge on any atom is 0.222 e. The largest absolute Gasteiger partial charge is 0.494 e. The summed E-state index contributed by atoms with van der Waals surface area (Å²) in [6.07, 6.45) is 4.52. The van der Waals surface area contributed by atoms with Gasteiger partial charge in [-0.15, -0.1) is 12.4 Å².